The van der Waals surface area contributed by atoms with Crippen LogP contribution < -0.4 is 4.57 Å². The quantitative estimate of drug-likeness (QED) is 0.221. The minimum Gasteiger partial charge on any atom is -0.455 e. The van der Waals surface area contributed by atoms with E-state index in [-0.39, 0.29) is 0 Å². The first kappa shape index (κ1) is 21.9. The normalized spacial score (nSPS) is 13.1. The maximum atomic E-state index is 8.63. The zero-order valence-corrected chi connectivity index (χ0v) is 22.7. The summed E-state index contributed by atoms with van der Waals surface area (Å²) < 4.78 is 26.0. The standard InChI is InChI=1S/C36H34NO/c1-24-11-17-31-30-18-16-28(26-9-7-6-8-10-26)22-33(30)38-35(31)34(24)32-21-29(19-20-37(32)5)27-14-12-25(13-15-27)23-36(2,3)4/h6-22H,23H2,1-5H3/q+1/i23D2. The molecule has 6 aromatic rings. The molecule has 0 aliphatic carbocycles. The average molecular weight is 499 g/mol. The summed E-state index contributed by atoms with van der Waals surface area (Å²) in [5.41, 5.74) is 9.71. The second-order valence-corrected chi connectivity index (χ2v) is 11.2. The first-order valence-corrected chi connectivity index (χ1v) is 13.2. The van der Waals surface area contributed by atoms with Gasteiger partial charge in [0.25, 0.3) is 0 Å². The number of aromatic nitrogens is 1. The van der Waals surface area contributed by atoms with E-state index in [9.17, 15) is 0 Å². The summed E-state index contributed by atoms with van der Waals surface area (Å²) in [6.07, 6.45) is 0.662. The van der Waals surface area contributed by atoms with Gasteiger partial charge in [0.15, 0.2) is 6.20 Å². The topological polar surface area (TPSA) is 17.0 Å². The van der Waals surface area contributed by atoms with Gasteiger partial charge in [0.2, 0.25) is 5.69 Å². The van der Waals surface area contributed by atoms with Crippen LogP contribution in [-0.2, 0) is 13.4 Å². The highest BCUT2D eigenvalue weighted by Gasteiger charge is 2.22. The van der Waals surface area contributed by atoms with Gasteiger partial charge in [-0.15, -0.1) is 0 Å². The number of hydrogen-bond donors (Lipinski definition) is 0. The molecule has 0 saturated carbocycles. The highest BCUT2D eigenvalue weighted by molar-refractivity contribution is 6.10. The molecule has 0 bridgehead atoms. The summed E-state index contributed by atoms with van der Waals surface area (Å²) in [7, 11) is 2.06. The number of aryl methyl sites for hydroxylation is 2. The third kappa shape index (κ3) is 4.52. The van der Waals surface area contributed by atoms with E-state index < -0.39 is 11.8 Å². The molecule has 38 heavy (non-hydrogen) atoms. The van der Waals surface area contributed by atoms with Gasteiger partial charge in [-0.05, 0) is 64.2 Å². The Morgan fingerprint density at radius 2 is 1.39 bits per heavy atom. The lowest BCUT2D eigenvalue weighted by molar-refractivity contribution is -0.660. The van der Waals surface area contributed by atoms with Gasteiger partial charge in [-0.2, -0.15) is 0 Å². The van der Waals surface area contributed by atoms with Crippen LogP contribution in [0.15, 0.2) is 108 Å². The molecule has 2 heterocycles. The zero-order chi connectivity index (χ0) is 28.2. The van der Waals surface area contributed by atoms with E-state index in [2.05, 4.69) is 91.5 Å². The zero-order valence-electron chi connectivity index (χ0n) is 24.7. The number of fused-ring (bicyclic) bond motifs is 3. The van der Waals surface area contributed by atoms with Gasteiger partial charge < -0.3 is 4.42 Å². The Kier molecular flexibility index (Phi) is 5.35. The molecule has 0 fully saturated rings. The second kappa shape index (κ2) is 9.29. The van der Waals surface area contributed by atoms with Gasteiger partial charge >= 0.3 is 0 Å². The van der Waals surface area contributed by atoms with Gasteiger partial charge in [0.1, 0.15) is 18.2 Å². The SMILES string of the molecule is [2H]C([2H])(c1ccc(-c2cc[n+](C)c(-c3c(C)ccc4c3oc3cc(-c5ccccc5)ccc34)c2)cc1)C(C)(C)C. The van der Waals surface area contributed by atoms with E-state index in [4.69, 9.17) is 7.16 Å². The van der Waals surface area contributed by atoms with E-state index >= 15 is 0 Å². The van der Waals surface area contributed by atoms with Crippen LogP contribution >= 0.6 is 0 Å². The van der Waals surface area contributed by atoms with Crippen molar-refractivity contribution in [2.45, 2.75) is 34.1 Å². The number of pyridine rings is 1. The van der Waals surface area contributed by atoms with E-state index in [1.54, 1.807) is 0 Å². The molecule has 2 heteroatoms. The van der Waals surface area contributed by atoms with Gasteiger partial charge in [0.05, 0.1) is 5.56 Å². The third-order valence-electron chi connectivity index (χ3n) is 7.10. The Hall–Kier alpha value is -4.17. The van der Waals surface area contributed by atoms with Crippen molar-refractivity contribution >= 4 is 21.9 Å². The molecular formula is C36H34NO+. The van der Waals surface area contributed by atoms with Crippen LogP contribution in [0.25, 0.3) is 55.4 Å². The number of nitrogens with zero attached hydrogens (tertiary/aromatic N) is 1. The molecule has 2 aromatic heterocycles. The van der Waals surface area contributed by atoms with Crippen molar-refractivity contribution in [3.8, 4) is 33.5 Å². The fourth-order valence-electron chi connectivity index (χ4n) is 5.24. The molecule has 0 unspecified atom stereocenters. The fraction of sp³-hybridized carbons (Fsp3) is 0.194. The number of furan rings is 1. The summed E-state index contributed by atoms with van der Waals surface area (Å²) in [6, 6.07) is 33.4. The van der Waals surface area contributed by atoms with Crippen LogP contribution in [0.2, 0.25) is 0 Å². The second-order valence-electron chi connectivity index (χ2n) is 11.2. The predicted octanol–water partition coefficient (Wildman–Crippen LogP) is 9.31. The minimum atomic E-state index is -1.42. The average Bonchev–Trinajstić information content (AvgIpc) is 3.31. The molecule has 0 spiro atoms. The summed E-state index contributed by atoms with van der Waals surface area (Å²) in [4.78, 5) is 0. The highest BCUT2D eigenvalue weighted by Crippen LogP contribution is 2.39. The van der Waals surface area contributed by atoms with Crippen LogP contribution in [0, 0.1) is 12.3 Å². The van der Waals surface area contributed by atoms with Gasteiger partial charge in [0, 0.05) is 25.6 Å². The van der Waals surface area contributed by atoms with Gasteiger partial charge in [-0.25, -0.2) is 4.57 Å². The molecule has 2 nitrogen and oxygen atoms in total. The first-order valence-electron chi connectivity index (χ1n) is 14.2. The molecule has 0 aliphatic rings. The Morgan fingerprint density at radius 1 is 0.737 bits per heavy atom. The van der Waals surface area contributed by atoms with E-state index in [1.165, 1.54) is 5.56 Å². The Bertz CT molecular complexity index is 1860. The first-order chi connectivity index (χ1) is 19.0. The van der Waals surface area contributed by atoms with Crippen molar-refractivity contribution in [2.75, 3.05) is 0 Å². The predicted molar refractivity (Wildman–Crippen MR) is 159 cm³/mol. The Morgan fingerprint density at radius 3 is 2.13 bits per heavy atom. The third-order valence-corrected chi connectivity index (χ3v) is 7.10. The summed E-state index contributed by atoms with van der Waals surface area (Å²) >= 11 is 0. The minimum absolute atomic E-state index is 0.493. The van der Waals surface area contributed by atoms with Crippen molar-refractivity contribution in [1.29, 1.82) is 0 Å². The van der Waals surface area contributed by atoms with Crippen LogP contribution in [0.3, 0.4) is 0 Å². The van der Waals surface area contributed by atoms with E-state index in [0.717, 1.165) is 55.4 Å². The lowest BCUT2D eigenvalue weighted by Gasteiger charge is -2.18. The molecular weight excluding hydrogens is 462 g/mol. The van der Waals surface area contributed by atoms with Gasteiger partial charge in [-0.1, -0.05) is 93.6 Å². The van der Waals surface area contributed by atoms with Crippen LogP contribution in [0.4, 0.5) is 0 Å². The number of hydrogen-bond acceptors (Lipinski definition) is 1. The summed E-state index contributed by atoms with van der Waals surface area (Å²) in [5, 5.41) is 2.22. The summed E-state index contributed by atoms with van der Waals surface area (Å²) in [5.74, 6) is 0. The van der Waals surface area contributed by atoms with Crippen molar-refractivity contribution in [3.05, 3.63) is 114 Å². The van der Waals surface area contributed by atoms with Crippen LogP contribution in [0.5, 0.6) is 0 Å². The molecule has 0 atom stereocenters. The Balaban J connectivity index is 1.46. The molecule has 0 saturated heterocycles. The van der Waals surface area contributed by atoms with Crippen molar-refractivity contribution in [2.24, 2.45) is 12.5 Å². The molecule has 0 N–H and O–H groups in total. The molecule has 0 radical (unpaired) electrons. The van der Waals surface area contributed by atoms with Gasteiger partial charge in [-0.3, -0.25) is 0 Å². The maximum absolute atomic E-state index is 8.63. The maximum Gasteiger partial charge on any atom is 0.216 e. The largest absolute Gasteiger partial charge is 0.455 e. The van der Waals surface area contributed by atoms with E-state index in [1.807, 2.05) is 51.1 Å². The van der Waals surface area contributed by atoms with Crippen molar-refractivity contribution in [1.82, 2.24) is 0 Å². The molecule has 188 valence electrons. The Labute approximate surface area is 228 Å². The number of benzene rings is 4. The van der Waals surface area contributed by atoms with Crippen LogP contribution in [-0.4, -0.2) is 0 Å². The highest BCUT2D eigenvalue weighted by atomic mass is 16.3. The van der Waals surface area contributed by atoms with Crippen molar-refractivity contribution in [3.63, 3.8) is 0 Å². The fourth-order valence-corrected chi connectivity index (χ4v) is 5.24. The number of rotatable bonds is 4. The molecule has 6 rings (SSSR count). The lowest BCUT2D eigenvalue weighted by Crippen LogP contribution is -2.30. The smallest absolute Gasteiger partial charge is 0.216 e. The molecule has 0 amide bonds. The van der Waals surface area contributed by atoms with E-state index in [0.29, 0.717) is 5.56 Å². The summed E-state index contributed by atoms with van der Waals surface area (Å²) in [6.45, 7) is 7.95. The molecule has 4 aromatic carbocycles. The lowest BCUT2D eigenvalue weighted by atomic mass is 9.87. The molecule has 0 aliphatic heterocycles. The monoisotopic (exact) mass is 498 g/mol. The van der Waals surface area contributed by atoms with Crippen LogP contribution in [0.1, 0.15) is 34.6 Å². The van der Waals surface area contributed by atoms with Crippen molar-refractivity contribution < 1.29 is 11.7 Å².